The van der Waals surface area contributed by atoms with E-state index in [-0.39, 0.29) is 0 Å². The van der Waals surface area contributed by atoms with Crippen LogP contribution in [0.5, 0.6) is 23.0 Å². The molecule has 0 radical (unpaired) electrons. The van der Waals surface area contributed by atoms with E-state index in [1.54, 1.807) is 27.4 Å². The average molecular weight is 371 g/mol. The Bertz CT molecular complexity index is 874. The highest BCUT2D eigenvalue weighted by Gasteiger charge is 2.19. The smallest absolute Gasteiger partial charge is 0.169 e. The number of ether oxygens (including phenoxy) is 4. The largest absolute Gasteiger partial charge is 0.497 e. The first kappa shape index (κ1) is 18.1. The van der Waals surface area contributed by atoms with Gasteiger partial charge in [0.1, 0.15) is 11.5 Å². The third-order valence-electron chi connectivity index (χ3n) is 3.98. The lowest BCUT2D eigenvalue weighted by atomic mass is 10.0. The van der Waals surface area contributed by atoms with Crippen LogP contribution >= 0.6 is 11.5 Å². The minimum atomic E-state index is 0.618. The Morgan fingerprint density at radius 2 is 1.65 bits per heavy atom. The fraction of sp³-hybridized carbons (Fsp3) is 0.250. The molecule has 0 N–H and O–H groups in total. The van der Waals surface area contributed by atoms with Crippen LogP contribution in [0.15, 0.2) is 42.6 Å². The van der Waals surface area contributed by atoms with Crippen molar-refractivity contribution >= 4 is 11.5 Å². The molecule has 3 aromatic rings. The summed E-state index contributed by atoms with van der Waals surface area (Å²) < 4.78 is 26.4. The van der Waals surface area contributed by atoms with Crippen LogP contribution in [0.1, 0.15) is 6.92 Å². The molecule has 0 aliphatic heterocycles. The highest BCUT2D eigenvalue weighted by atomic mass is 32.1. The Morgan fingerprint density at radius 1 is 0.885 bits per heavy atom. The third-order valence-corrected chi connectivity index (χ3v) is 4.81. The highest BCUT2D eigenvalue weighted by molar-refractivity contribution is 7.10. The SMILES string of the molecule is CCOc1ccc(-c2cnsc2-c2cc(OC)cc(OC)c2OC)cc1. The van der Waals surface area contributed by atoms with Crippen LogP contribution in [0.4, 0.5) is 0 Å². The maximum atomic E-state index is 5.61. The zero-order valence-corrected chi connectivity index (χ0v) is 16.1. The van der Waals surface area contributed by atoms with E-state index >= 15 is 0 Å². The van der Waals surface area contributed by atoms with Crippen molar-refractivity contribution in [3.05, 3.63) is 42.6 Å². The van der Waals surface area contributed by atoms with E-state index in [1.807, 2.05) is 43.5 Å². The van der Waals surface area contributed by atoms with Gasteiger partial charge in [-0.05, 0) is 42.2 Å². The van der Waals surface area contributed by atoms with Gasteiger partial charge in [0.25, 0.3) is 0 Å². The Hall–Kier alpha value is -2.73. The van der Waals surface area contributed by atoms with E-state index in [9.17, 15) is 0 Å². The van der Waals surface area contributed by atoms with Gasteiger partial charge in [-0.2, -0.15) is 4.37 Å². The lowest BCUT2D eigenvalue weighted by Gasteiger charge is -2.15. The predicted molar refractivity (Wildman–Crippen MR) is 104 cm³/mol. The molecule has 26 heavy (non-hydrogen) atoms. The number of rotatable bonds is 7. The van der Waals surface area contributed by atoms with Crippen LogP contribution in [0.3, 0.4) is 0 Å². The maximum Gasteiger partial charge on any atom is 0.169 e. The predicted octanol–water partition coefficient (Wildman–Crippen LogP) is 4.90. The standard InChI is InChI=1S/C20H21NO4S/c1-5-25-14-8-6-13(7-9-14)17-12-21-26-20(17)16-10-15(22-2)11-18(23-3)19(16)24-4/h6-12H,5H2,1-4H3. The van der Waals surface area contributed by atoms with Gasteiger partial charge in [0.2, 0.25) is 0 Å². The molecular formula is C20H21NO4S. The van der Waals surface area contributed by atoms with Crippen LogP contribution in [-0.2, 0) is 0 Å². The summed E-state index contributed by atoms with van der Waals surface area (Å²) >= 11 is 1.41. The van der Waals surface area contributed by atoms with Crippen LogP contribution in [-0.4, -0.2) is 32.3 Å². The molecule has 0 aliphatic carbocycles. The Balaban J connectivity index is 2.11. The van der Waals surface area contributed by atoms with E-state index in [4.69, 9.17) is 18.9 Å². The molecule has 0 amide bonds. The average Bonchev–Trinajstić information content (AvgIpc) is 3.17. The summed E-state index contributed by atoms with van der Waals surface area (Å²) in [7, 11) is 4.87. The second kappa shape index (κ2) is 8.10. The maximum absolute atomic E-state index is 5.61. The molecule has 0 atom stereocenters. The third kappa shape index (κ3) is 3.46. The molecule has 2 aromatic carbocycles. The van der Waals surface area contributed by atoms with Gasteiger partial charge in [0, 0.05) is 23.4 Å². The lowest BCUT2D eigenvalue weighted by Crippen LogP contribution is -1.95. The second-order valence-corrected chi connectivity index (χ2v) is 6.24. The molecule has 3 rings (SSSR count). The number of nitrogens with zero attached hydrogens (tertiary/aromatic N) is 1. The number of benzene rings is 2. The first-order valence-electron chi connectivity index (χ1n) is 8.20. The van der Waals surface area contributed by atoms with Crippen molar-refractivity contribution in [2.75, 3.05) is 27.9 Å². The van der Waals surface area contributed by atoms with Gasteiger partial charge < -0.3 is 18.9 Å². The molecule has 1 heterocycles. The fourth-order valence-corrected chi connectivity index (χ4v) is 3.54. The molecule has 0 unspecified atom stereocenters. The van der Waals surface area contributed by atoms with E-state index in [1.165, 1.54) is 11.5 Å². The molecule has 0 spiro atoms. The molecule has 0 bridgehead atoms. The first-order valence-corrected chi connectivity index (χ1v) is 8.97. The van der Waals surface area contributed by atoms with Crippen molar-refractivity contribution in [3.8, 4) is 44.6 Å². The quantitative estimate of drug-likeness (QED) is 0.591. The first-order chi connectivity index (χ1) is 12.7. The second-order valence-electron chi connectivity index (χ2n) is 5.44. The fourth-order valence-electron chi connectivity index (χ4n) is 2.76. The zero-order chi connectivity index (χ0) is 18.5. The van der Waals surface area contributed by atoms with E-state index < -0.39 is 0 Å². The summed E-state index contributed by atoms with van der Waals surface area (Å²) in [4.78, 5) is 0.989. The molecule has 5 nitrogen and oxygen atoms in total. The minimum Gasteiger partial charge on any atom is -0.497 e. The van der Waals surface area contributed by atoms with Gasteiger partial charge in [-0.15, -0.1) is 0 Å². The minimum absolute atomic E-state index is 0.618. The summed E-state index contributed by atoms with van der Waals surface area (Å²) in [6, 6.07) is 11.7. The van der Waals surface area contributed by atoms with Crippen LogP contribution in [0.2, 0.25) is 0 Å². The molecule has 136 valence electrons. The highest BCUT2D eigenvalue weighted by Crippen LogP contribution is 2.46. The summed E-state index contributed by atoms with van der Waals surface area (Å²) in [5, 5.41) is 0. The van der Waals surface area contributed by atoms with E-state index in [2.05, 4.69) is 4.37 Å². The van der Waals surface area contributed by atoms with Crippen molar-refractivity contribution in [2.24, 2.45) is 0 Å². The van der Waals surface area contributed by atoms with Crippen LogP contribution in [0, 0.1) is 0 Å². The Kier molecular flexibility index (Phi) is 5.63. The van der Waals surface area contributed by atoms with Gasteiger partial charge in [0.15, 0.2) is 11.5 Å². The van der Waals surface area contributed by atoms with Crippen LogP contribution < -0.4 is 18.9 Å². The van der Waals surface area contributed by atoms with Crippen molar-refractivity contribution in [3.63, 3.8) is 0 Å². The topological polar surface area (TPSA) is 49.8 Å². The van der Waals surface area contributed by atoms with Gasteiger partial charge in [-0.1, -0.05) is 12.1 Å². The number of hydrogen-bond acceptors (Lipinski definition) is 6. The summed E-state index contributed by atoms with van der Waals surface area (Å²) in [5.74, 6) is 2.82. The Morgan fingerprint density at radius 3 is 2.27 bits per heavy atom. The Labute approximate surface area is 157 Å². The van der Waals surface area contributed by atoms with Gasteiger partial charge in [-0.25, -0.2) is 0 Å². The van der Waals surface area contributed by atoms with Gasteiger partial charge in [0.05, 0.1) is 32.8 Å². The van der Waals surface area contributed by atoms with E-state index in [0.29, 0.717) is 23.9 Å². The summed E-state index contributed by atoms with van der Waals surface area (Å²) in [5.41, 5.74) is 2.96. The van der Waals surface area contributed by atoms with Gasteiger partial charge >= 0.3 is 0 Å². The molecular weight excluding hydrogens is 350 g/mol. The monoisotopic (exact) mass is 371 g/mol. The number of hydrogen-bond donors (Lipinski definition) is 0. The molecule has 0 aliphatic rings. The van der Waals surface area contributed by atoms with Crippen molar-refractivity contribution < 1.29 is 18.9 Å². The number of aromatic nitrogens is 1. The van der Waals surface area contributed by atoms with Crippen molar-refractivity contribution in [1.29, 1.82) is 0 Å². The lowest BCUT2D eigenvalue weighted by molar-refractivity contribution is 0.340. The summed E-state index contributed by atoms with van der Waals surface area (Å²) in [6.07, 6.45) is 1.86. The molecule has 0 saturated carbocycles. The molecule has 6 heteroatoms. The van der Waals surface area contributed by atoms with Crippen molar-refractivity contribution in [2.45, 2.75) is 6.92 Å². The zero-order valence-electron chi connectivity index (χ0n) is 15.2. The molecule has 0 fully saturated rings. The number of methoxy groups -OCH3 is 3. The van der Waals surface area contributed by atoms with Crippen molar-refractivity contribution in [1.82, 2.24) is 4.37 Å². The molecule has 1 aromatic heterocycles. The summed E-state index contributed by atoms with van der Waals surface area (Å²) in [6.45, 7) is 2.61. The van der Waals surface area contributed by atoms with Crippen LogP contribution in [0.25, 0.3) is 21.6 Å². The normalized spacial score (nSPS) is 10.5. The van der Waals surface area contributed by atoms with Gasteiger partial charge in [-0.3, -0.25) is 0 Å². The van der Waals surface area contributed by atoms with E-state index in [0.717, 1.165) is 27.3 Å². The molecule has 0 saturated heterocycles.